The second-order valence-corrected chi connectivity index (χ2v) is 4.81. The van der Waals surface area contributed by atoms with E-state index in [9.17, 15) is 4.91 Å². The van der Waals surface area contributed by atoms with Gasteiger partial charge in [-0.05, 0) is 19.9 Å². The Labute approximate surface area is 112 Å². The predicted molar refractivity (Wildman–Crippen MR) is 72.5 cm³/mol. The first-order valence-corrected chi connectivity index (χ1v) is 6.45. The number of pyridine rings is 1. The average molecular weight is 259 g/mol. The summed E-state index contributed by atoms with van der Waals surface area (Å²) < 4.78 is 4.20. The van der Waals surface area contributed by atoms with Gasteiger partial charge >= 0.3 is 0 Å². The zero-order valence-electron chi connectivity index (χ0n) is 11.4. The Morgan fingerprint density at radius 2 is 2.05 bits per heavy atom. The van der Waals surface area contributed by atoms with Gasteiger partial charge in [0.2, 0.25) is 0 Å². The van der Waals surface area contributed by atoms with Gasteiger partial charge in [0.1, 0.15) is 18.9 Å². The van der Waals surface area contributed by atoms with Gasteiger partial charge in [-0.15, -0.1) is 0 Å². The number of hydrogen-bond acceptors (Lipinski definition) is 3. The topological polar surface area (TPSA) is 51.1 Å². The molecule has 0 amide bonds. The van der Waals surface area contributed by atoms with Crippen molar-refractivity contribution in [3.63, 3.8) is 0 Å². The van der Waals surface area contributed by atoms with Crippen LogP contribution in [-0.2, 0) is 19.6 Å². The molecular formula is C14H19N4O+. The van der Waals surface area contributed by atoms with Gasteiger partial charge in [0, 0.05) is 36.5 Å². The molecule has 0 atom stereocenters. The van der Waals surface area contributed by atoms with E-state index in [-0.39, 0.29) is 6.54 Å². The summed E-state index contributed by atoms with van der Waals surface area (Å²) in [4.78, 5) is 14.4. The number of nitrogens with zero attached hydrogens (tertiary/aromatic N) is 4. The van der Waals surface area contributed by atoms with Crippen LogP contribution in [0.15, 0.2) is 36.0 Å². The lowest BCUT2D eigenvalue weighted by Gasteiger charge is -2.04. The van der Waals surface area contributed by atoms with Crippen molar-refractivity contribution < 1.29 is 4.57 Å². The molecule has 2 aromatic heterocycles. The van der Waals surface area contributed by atoms with E-state index in [0.717, 1.165) is 25.3 Å². The predicted octanol–water partition coefficient (Wildman–Crippen LogP) is 2.14. The number of aromatic nitrogens is 3. The average Bonchev–Trinajstić information content (AvgIpc) is 2.76. The fourth-order valence-electron chi connectivity index (χ4n) is 2.30. The van der Waals surface area contributed by atoms with Crippen LogP contribution in [0.5, 0.6) is 0 Å². The van der Waals surface area contributed by atoms with Crippen molar-refractivity contribution in [2.75, 3.05) is 0 Å². The molecule has 0 fully saturated rings. The lowest BCUT2D eigenvalue weighted by Crippen LogP contribution is -2.34. The molecule has 5 heteroatoms. The van der Waals surface area contributed by atoms with E-state index in [0.29, 0.717) is 0 Å². The van der Waals surface area contributed by atoms with Gasteiger partial charge < -0.3 is 4.57 Å². The first kappa shape index (κ1) is 13.4. The van der Waals surface area contributed by atoms with Crippen LogP contribution in [-0.4, -0.2) is 9.55 Å². The minimum Gasteiger partial charge on any atom is -0.333 e. The maximum atomic E-state index is 10.3. The molecule has 0 unspecified atom stereocenters. The highest BCUT2D eigenvalue weighted by atomic mass is 16.3. The summed E-state index contributed by atoms with van der Waals surface area (Å²) in [6.45, 7) is 6.16. The number of imidazole rings is 1. The molecule has 0 saturated carbocycles. The molecule has 0 N–H and O–H groups in total. The third-order valence-electron chi connectivity index (χ3n) is 3.02. The molecule has 2 aromatic rings. The van der Waals surface area contributed by atoms with Gasteiger partial charge in [-0.3, -0.25) is 0 Å². The first-order valence-electron chi connectivity index (χ1n) is 6.45. The maximum Gasteiger partial charge on any atom is 0.171 e. The van der Waals surface area contributed by atoms with Crippen LogP contribution in [0, 0.1) is 18.8 Å². The number of rotatable bonds is 6. The maximum absolute atomic E-state index is 10.3. The number of nitroso groups, excluding NO2 is 1. The SMILES string of the molecule is Cc1cc(C)c[n+](CCCn2ccnc2CN=O)c1. The second kappa shape index (κ2) is 6.22. The minimum atomic E-state index is 0.143. The molecule has 100 valence electrons. The fraction of sp³-hybridized carbons (Fsp3) is 0.429. The van der Waals surface area contributed by atoms with Crippen LogP contribution in [0.1, 0.15) is 23.4 Å². The molecule has 0 bridgehead atoms. The van der Waals surface area contributed by atoms with Gasteiger partial charge in [0.05, 0.1) is 0 Å². The monoisotopic (exact) mass is 259 g/mol. The van der Waals surface area contributed by atoms with E-state index in [1.54, 1.807) is 6.20 Å². The Balaban J connectivity index is 1.92. The summed E-state index contributed by atoms with van der Waals surface area (Å²) in [7, 11) is 0. The van der Waals surface area contributed by atoms with Crippen molar-refractivity contribution in [2.24, 2.45) is 5.18 Å². The third-order valence-corrected chi connectivity index (χ3v) is 3.02. The second-order valence-electron chi connectivity index (χ2n) is 4.81. The van der Waals surface area contributed by atoms with E-state index in [4.69, 9.17) is 0 Å². The van der Waals surface area contributed by atoms with Gasteiger partial charge in [-0.2, -0.15) is 4.91 Å². The van der Waals surface area contributed by atoms with E-state index < -0.39 is 0 Å². The molecular weight excluding hydrogens is 240 g/mol. The molecule has 2 heterocycles. The Hall–Kier alpha value is -2.04. The molecule has 0 aliphatic rings. The fourth-order valence-corrected chi connectivity index (χ4v) is 2.30. The van der Waals surface area contributed by atoms with Crippen LogP contribution in [0.3, 0.4) is 0 Å². The van der Waals surface area contributed by atoms with Crippen LogP contribution < -0.4 is 4.57 Å². The van der Waals surface area contributed by atoms with E-state index in [1.165, 1.54) is 11.1 Å². The van der Waals surface area contributed by atoms with Gasteiger partial charge in [0.15, 0.2) is 12.4 Å². The van der Waals surface area contributed by atoms with E-state index in [1.807, 2.05) is 10.8 Å². The molecule has 0 radical (unpaired) electrons. The molecule has 0 aliphatic heterocycles. The standard InChI is InChI=1S/C14H19N4O/c1-12-8-13(2)11-17(10-12)5-3-6-18-7-4-15-14(18)9-16-19/h4,7-8,10-11H,3,5-6,9H2,1-2H3/q+1. The van der Waals surface area contributed by atoms with Crippen molar-refractivity contribution in [1.29, 1.82) is 0 Å². The smallest absolute Gasteiger partial charge is 0.171 e. The van der Waals surface area contributed by atoms with Gasteiger partial charge in [-0.1, -0.05) is 5.18 Å². The molecule has 0 aliphatic carbocycles. The van der Waals surface area contributed by atoms with Crippen molar-refractivity contribution in [3.05, 3.63) is 52.7 Å². The van der Waals surface area contributed by atoms with Crippen LogP contribution >= 0.6 is 0 Å². The Morgan fingerprint density at radius 3 is 2.74 bits per heavy atom. The first-order chi connectivity index (χ1) is 9.19. The zero-order valence-corrected chi connectivity index (χ0v) is 11.4. The Bertz CT molecular complexity index is 542. The van der Waals surface area contributed by atoms with E-state index >= 15 is 0 Å². The molecule has 0 spiro atoms. The normalized spacial score (nSPS) is 10.6. The third kappa shape index (κ3) is 3.71. The molecule has 0 aromatic carbocycles. The highest BCUT2D eigenvalue weighted by molar-refractivity contribution is 5.11. The summed E-state index contributed by atoms with van der Waals surface area (Å²) in [5.41, 5.74) is 2.54. The largest absolute Gasteiger partial charge is 0.333 e. The number of aryl methyl sites for hydroxylation is 4. The summed E-state index contributed by atoms with van der Waals surface area (Å²) in [6.07, 6.45) is 8.90. The zero-order chi connectivity index (χ0) is 13.7. The van der Waals surface area contributed by atoms with Crippen LogP contribution in [0.25, 0.3) is 0 Å². The van der Waals surface area contributed by atoms with Crippen molar-refractivity contribution in [1.82, 2.24) is 9.55 Å². The molecule has 0 saturated heterocycles. The summed E-state index contributed by atoms with van der Waals surface area (Å²) in [5, 5.41) is 2.89. The molecule has 5 nitrogen and oxygen atoms in total. The van der Waals surface area contributed by atoms with Crippen molar-refractivity contribution in [3.8, 4) is 0 Å². The van der Waals surface area contributed by atoms with Crippen molar-refractivity contribution >= 4 is 0 Å². The van der Waals surface area contributed by atoms with Crippen molar-refractivity contribution in [2.45, 2.75) is 39.9 Å². The number of hydrogen-bond donors (Lipinski definition) is 0. The van der Waals surface area contributed by atoms with Gasteiger partial charge in [0.25, 0.3) is 0 Å². The van der Waals surface area contributed by atoms with Gasteiger partial charge in [-0.25, -0.2) is 9.55 Å². The lowest BCUT2D eigenvalue weighted by atomic mass is 10.2. The van der Waals surface area contributed by atoms with E-state index in [2.05, 4.69) is 47.0 Å². The highest BCUT2D eigenvalue weighted by Gasteiger charge is 2.06. The highest BCUT2D eigenvalue weighted by Crippen LogP contribution is 2.02. The summed E-state index contributed by atoms with van der Waals surface area (Å²) in [5.74, 6) is 0.737. The van der Waals surface area contributed by atoms with Crippen LogP contribution in [0.4, 0.5) is 0 Å². The quantitative estimate of drug-likeness (QED) is 0.589. The lowest BCUT2D eigenvalue weighted by molar-refractivity contribution is -0.698. The summed E-state index contributed by atoms with van der Waals surface area (Å²) >= 11 is 0. The van der Waals surface area contributed by atoms with Crippen LogP contribution in [0.2, 0.25) is 0 Å². The minimum absolute atomic E-state index is 0.143. The summed E-state index contributed by atoms with van der Waals surface area (Å²) in [6, 6.07) is 2.17. The Morgan fingerprint density at radius 1 is 1.32 bits per heavy atom. The molecule has 19 heavy (non-hydrogen) atoms. The molecule has 2 rings (SSSR count). The Kier molecular flexibility index (Phi) is 4.39.